The molecule has 2 heterocycles. The summed E-state index contributed by atoms with van der Waals surface area (Å²) in [5, 5.41) is 9.05. The van der Waals surface area contributed by atoms with Gasteiger partial charge in [-0.1, -0.05) is 12.8 Å². The van der Waals surface area contributed by atoms with Crippen LogP contribution in [0.5, 0.6) is 0 Å². The normalized spacial score (nSPS) is 17.2. The number of nitrogens with zero attached hydrogens (tertiary/aromatic N) is 2. The van der Waals surface area contributed by atoms with E-state index in [-0.39, 0.29) is 6.61 Å². The van der Waals surface area contributed by atoms with Gasteiger partial charge in [0.1, 0.15) is 5.82 Å². The minimum atomic E-state index is 0.0775. The van der Waals surface area contributed by atoms with Gasteiger partial charge in [-0.05, 0) is 37.0 Å². The molecule has 0 radical (unpaired) electrons. The van der Waals surface area contributed by atoms with Crippen molar-refractivity contribution in [2.75, 3.05) is 18.0 Å². The molecule has 1 N–H and O–H groups in total. The highest BCUT2D eigenvalue weighted by atomic mass is 16.3. The van der Waals surface area contributed by atoms with Gasteiger partial charge in [0.2, 0.25) is 0 Å². The van der Waals surface area contributed by atoms with Crippen LogP contribution in [-0.2, 0) is 6.61 Å². The summed E-state index contributed by atoms with van der Waals surface area (Å²) >= 11 is 0. The molecule has 1 saturated heterocycles. The van der Waals surface area contributed by atoms with Crippen molar-refractivity contribution in [3.05, 3.63) is 23.4 Å². The minimum Gasteiger partial charge on any atom is -0.392 e. The van der Waals surface area contributed by atoms with E-state index in [4.69, 9.17) is 5.11 Å². The molecule has 88 valence electrons. The fourth-order valence-electron chi connectivity index (χ4n) is 2.33. The van der Waals surface area contributed by atoms with Crippen LogP contribution in [0.25, 0.3) is 0 Å². The molecule has 1 aliphatic rings. The second-order valence-electron chi connectivity index (χ2n) is 4.54. The molecule has 0 aromatic carbocycles. The monoisotopic (exact) mass is 220 g/mol. The molecule has 3 nitrogen and oxygen atoms in total. The Morgan fingerprint density at radius 3 is 2.50 bits per heavy atom. The van der Waals surface area contributed by atoms with E-state index in [0.29, 0.717) is 0 Å². The van der Waals surface area contributed by atoms with Crippen molar-refractivity contribution >= 4 is 5.82 Å². The van der Waals surface area contributed by atoms with Crippen molar-refractivity contribution in [3.8, 4) is 0 Å². The summed E-state index contributed by atoms with van der Waals surface area (Å²) in [5.74, 6) is 1.10. The number of hydrogen-bond donors (Lipinski definition) is 1. The predicted octanol–water partition coefficient (Wildman–Crippen LogP) is 2.26. The first-order valence-corrected chi connectivity index (χ1v) is 6.12. The zero-order chi connectivity index (χ0) is 11.4. The Morgan fingerprint density at radius 2 is 1.94 bits per heavy atom. The molecule has 3 heteroatoms. The van der Waals surface area contributed by atoms with E-state index in [1.54, 1.807) is 6.20 Å². The summed E-state index contributed by atoms with van der Waals surface area (Å²) < 4.78 is 0. The topological polar surface area (TPSA) is 36.4 Å². The second-order valence-corrected chi connectivity index (χ2v) is 4.54. The Labute approximate surface area is 97.1 Å². The van der Waals surface area contributed by atoms with Crippen LogP contribution in [0.1, 0.15) is 36.8 Å². The summed E-state index contributed by atoms with van der Waals surface area (Å²) in [6, 6.07) is 2.03. The molecule has 0 atom stereocenters. The Hall–Kier alpha value is -1.09. The van der Waals surface area contributed by atoms with E-state index < -0.39 is 0 Å². The second kappa shape index (κ2) is 5.30. The van der Waals surface area contributed by atoms with Gasteiger partial charge in [0.25, 0.3) is 0 Å². The number of aryl methyl sites for hydroxylation is 1. The summed E-state index contributed by atoms with van der Waals surface area (Å²) in [4.78, 5) is 6.86. The lowest BCUT2D eigenvalue weighted by Gasteiger charge is -2.23. The van der Waals surface area contributed by atoms with E-state index in [2.05, 4.69) is 16.8 Å². The molecule has 2 rings (SSSR count). The SMILES string of the molecule is Cc1cc(CO)cnc1N1CCCCCC1. The molecular formula is C13H20N2O. The lowest BCUT2D eigenvalue weighted by Crippen LogP contribution is -2.25. The highest BCUT2D eigenvalue weighted by Gasteiger charge is 2.13. The van der Waals surface area contributed by atoms with E-state index in [0.717, 1.165) is 24.5 Å². The predicted molar refractivity (Wildman–Crippen MR) is 65.6 cm³/mol. The van der Waals surface area contributed by atoms with Crippen LogP contribution < -0.4 is 4.90 Å². The molecule has 0 saturated carbocycles. The highest BCUT2D eigenvalue weighted by molar-refractivity contribution is 5.47. The molecule has 0 amide bonds. The third-order valence-corrected chi connectivity index (χ3v) is 3.20. The Bertz CT molecular complexity index is 344. The van der Waals surface area contributed by atoms with E-state index >= 15 is 0 Å². The van der Waals surface area contributed by atoms with Gasteiger partial charge >= 0.3 is 0 Å². The van der Waals surface area contributed by atoms with Gasteiger partial charge < -0.3 is 10.0 Å². The average molecular weight is 220 g/mol. The van der Waals surface area contributed by atoms with Gasteiger partial charge in [-0.25, -0.2) is 4.98 Å². The van der Waals surface area contributed by atoms with Crippen LogP contribution in [0.3, 0.4) is 0 Å². The van der Waals surface area contributed by atoms with Gasteiger partial charge in [0.05, 0.1) is 6.61 Å². The molecule has 0 aliphatic carbocycles. The van der Waals surface area contributed by atoms with Crippen molar-refractivity contribution in [3.63, 3.8) is 0 Å². The molecule has 1 aromatic heterocycles. The van der Waals surface area contributed by atoms with Crippen LogP contribution in [0.2, 0.25) is 0 Å². The van der Waals surface area contributed by atoms with Crippen molar-refractivity contribution in [2.24, 2.45) is 0 Å². The number of aromatic nitrogens is 1. The highest BCUT2D eigenvalue weighted by Crippen LogP contribution is 2.21. The van der Waals surface area contributed by atoms with Crippen LogP contribution in [0, 0.1) is 6.92 Å². The number of aliphatic hydroxyl groups excluding tert-OH is 1. The fourth-order valence-corrected chi connectivity index (χ4v) is 2.33. The minimum absolute atomic E-state index is 0.0775. The van der Waals surface area contributed by atoms with Gasteiger partial charge in [0, 0.05) is 19.3 Å². The smallest absolute Gasteiger partial charge is 0.131 e. The van der Waals surface area contributed by atoms with Gasteiger partial charge in [0.15, 0.2) is 0 Å². The van der Waals surface area contributed by atoms with Crippen molar-refractivity contribution in [2.45, 2.75) is 39.2 Å². The molecule has 0 unspecified atom stereocenters. The van der Waals surface area contributed by atoms with Crippen LogP contribution in [-0.4, -0.2) is 23.2 Å². The van der Waals surface area contributed by atoms with Crippen LogP contribution in [0.4, 0.5) is 5.82 Å². The van der Waals surface area contributed by atoms with Crippen molar-refractivity contribution < 1.29 is 5.11 Å². The first-order chi connectivity index (χ1) is 7.81. The largest absolute Gasteiger partial charge is 0.392 e. The summed E-state index contributed by atoms with van der Waals surface area (Å²) in [5.41, 5.74) is 2.07. The van der Waals surface area contributed by atoms with Crippen LogP contribution in [0.15, 0.2) is 12.3 Å². The van der Waals surface area contributed by atoms with E-state index in [1.165, 1.54) is 31.2 Å². The zero-order valence-corrected chi connectivity index (χ0v) is 9.95. The van der Waals surface area contributed by atoms with Crippen molar-refractivity contribution in [1.29, 1.82) is 0 Å². The van der Waals surface area contributed by atoms with E-state index in [9.17, 15) is 0 Å². The molecule has 1 fully saturated rings. The molecule has 16 heavy (non-hydrogen) atoms. The van der Waals surface area contributed by atoms with Gasteiger partial charge in [-0.3, -0.25) is 0 Å². The molecule has 0 bridgehead atoms. The molecule has 1 aromatic rings. The van der Waals surface area contributed by atoms with Crippen molar-refractivity contribution in [1.82, 2.24) is 4.98 Å². The Balaban J connectivity index is 2.18. The summed E-state index contributed by atoms with van der Waals surface area (Å²) in [7, 11) is 0. The summed E-state index contributed by atoms with van der Waals surface area (Å²) in [6.07, 6.45) is 6.99. The Kier molecular flexibility index (Phi) is 3.78. The standard InChI is InChI=1S/C13H20N2O/c1-11-8-12(10-16)9-14-13(11)15-6-4-2-3-5-7-15/h8-9,16H,2-7,10H2,1H3. The average Bonchev–Trinajstić information content (AvgIpc) is 2.57. The third kappa shape index (κ3) is 2.53. The number of rotatable bonds is 2. The van der Waals surface area contributed by atoms with Gasteiger partial charge in [-0.2, -0.15) is 0 Å². The maximum atomic E-state index is 9.05. The number of anilines is 1. The number of pyridine rings is 1. The molecule has 0 spiro atoms. The lowest BCUT2D eigenvalue weighted by atomic mass is 10.2. The first-order valence-electron chi connectivity index (χ1n) is 6.12. The fraction of sp³-hybridized carbons (Fsp3) is 0.615. The van der Waals surface area contributed by atoms with Crippen LogP contribution >= 0.6 is 0 Å². The number of hydrogen-bond acceptors (Lipinski definition) is 3. The van der Waals surface area contributed by atoms with Gasteiger partial charge in [-0.15, -0.1) is 0 Å². The maximum absolute atomic E-state index is 9.05. The summed E-state index contributed by atoms with van der Waals surface area (Å²) in [6.45, 7) is 4.39. The first kappa shape index (κ1) is 11.4. The maximum Gasteiger partial charge on any atom is 0.131 e. The molecule has 1 aliphatic heterocycles. The van der Waals surface area contributed by atoms with E-state index in [1.807, 2.05) is 6.07 Å². The molecular weight excluding hydrogens is 200 g/mol. The zero-order valence-electron chi connectivity index (χ0n) is 9.95. The Morgan fingerprint density at radius 1 is 1.25 bits per heavy atom. The quantitative estimate of drug-likeness (QED) is 0.830. The lowest BCUT2D eigenvalue weighted by molar-refractivity contribution is 0.281. The number of aliphatic hydroxyl groups is 1. The third-order valence-electron chi connectivity index (χ3n) is 3.20.